The summed E-state index contributed by atoms with van der Waals surface area (Å²) >= 11 is 7.08. The molecule has 0 atom stereocenters. The van der Waals surface area contributed by atoms with Crippen molar-refractivity contribution < 1.29 is 0 Å². The van der Waals surface area contributed by atoms with E-state index in [9.17, 15) is 0 Å². The number of para-hydroxylation sites is 1. The van der Waals surface area contributed by atoms with Crippen molar-refractivity contribution in [2.75, 3.05) is 18.1 Å². The van der Waals surface area contributed by atoms with Gasteiger partial charge in [-0.3, -0.25) is 0 Å². The van der Waals surface area contributed by atoms with Gasteiger partial charge in [-0.2, -0.15) is 11.8 Å². The van der Waals surface area contributed by atoms with Gasteiger partial charge in [0.2, 0.25) is 0 Å². The Kier molecular flexibility index (Phi) is 3.56. The predicted octanol–water partition coefficient (Wildman–Crippen LogP) is 3.18. The predicted molar refractivity (Wildman–Crippen MR) is 91.6 cm³/mol. The van der Waals surface area contributed by atoms with Gasteiger partial charge in [-0.25, -0.2) is 4.98 Å². The van der Waals surface area contributed by atoms with Crippen molar-refractivity contribution >= 4 is 45.7 Å². The zero-order valence-corrected chi connectivity index (χ0v) is 13.0. The quantitative estimate of drug-likeness (QED) is 0.831. The smallest absolute Gasteiger partial charge is 0.137 e. The lowest BCUT2D eigenvalue weighted by molar-refractivity contribution is 0.942. The van der Waals surface area contributed by atoms with E-state index in [1.807, 2.05) is 42.1 Å². The number of pyridine rings is 1. The van der Waals surface area contributed by atoms with Crippen LogP contribution in [0.2, 0.25) is 0 Å². The van der Waals surface area contributed by atoms with Gasteiger partial charge in [0.15, 0.2) is 0 Å². The van der Waals surface area contributed by atoms with E-state index in [2.05, 4.69) is 16.6 Å². The zero-order valence-electron chi connectivity index (χ0n) is 11.3. The van der Waals surface area contributed by atoms with Crippen molar-refractivity contribution in [1.82, 2.24) is 4.98 Å². The number of nitrogens with one attached hydrogen (secondary N) is 1. The highest BCUT2D eigenvalue weighted by Gasteiger charge is 2.41. The SMILES string of the molecule is CSC1(CNc2nc3ccccc3cc2C(N)=S)CC1. The average Bonchev–Trinajstić information content (AvgIpc) is 3.24. The molecule has 3 rings (SSSR count). The number of fused-ring (bicyclic) bond motifs is 1. The standard InChI is InChI=1S/C15H17N3S2/c1-20-15(6-7-15)9-17-14-11(13(16)19)8-10-4-2-3-5-12(10)18-14/h2-5,8H,6-7,9H2,1H3,(H2,16,19)(H,17,18). The first kappa shape index (κ1) is 13.6. The summed E-state index contributed by atoms with van der Waals surface area (Å²) in [5, 5.41) is 4.50. The molecule has 1 fully saturated rings. The lowest BCUT2D eigenvalue weighted by Gasteiger charge is -2.16. The second kappa shape index (κ2) is 5.22. The molecule has 5 heteroatoms. The topological polar surface area (TPSA) is 50.9 Å². The molecule has 1 aromatic carbocycles. The summed E-state index contributed by atoms with van der Waals surface area (Å²) in [6, 6.07) is 10.0. The first-order chi connectivity index (χ1) is 9.63. The van der Waals surface area contributed by atoms with Crippen molar-refractivity contribution in [2.24, 2.45) is 5.73 Å². The first-order valence-corrected chi connectivity index (χ1v) is 8.25. The van der Waals surface area contributed by atoms with E-state index in [1.54, 1.807) is 0 Å². The number of aromatic nitrogens is 1. The van der Waals surface area contributed by atoms with Crippen LogP contribution in [-0.2, 0) is 0 Å². The Morgan fingerprint density at radius 2 is 2.20 bits per heavy atom. The van der Waals surface area contributed by atoms with Crippen LogP contribution in [0, 0.1) is 0 Å². The number of rotatable bonds is 5. The molecule has 0 radical (unpaired) electrons. The fraction of sp³-hybridized carbons (Fsp3) is 0.333. The van der Waals surface area contributed by atoms with Gasteiger partial charge in [0.1, 0.15) is 10.8 Å². The number of hydrogen-bond donors (Lipinski definition) is 2. The van der Waals surface area contributed by atoms with Crippen LogP contribution in [0.4, 0.5) is 5.82 Å². The molecule has 1 aliphatic carbocycles. The highest BCUT2D eigenvalue weighted by atomic mass is 32.2. The minimum Gasteiger partial charge on any atom is -0.389 e. The third-order valence-electron chi connectivity index (χ3n) is 3.81. The minimum absolute atomic E-state index is 0.376. The lowest BCUT2D eigenvalue weighted by Crippen LogP contribution is -2.21. The van der Waals surface area contributed by atoms with Gasteiger partial charge in [0.25, 0.3) is 0 Å². The van der Waals surface area contributed by atoms with E-state index in [1.165, 1.54) is 12.8 Å². The van der Waals surface area contributed by atoms with Crippen LogP contribution in [0.15, 0.2) is 30.3 Å². The summed E-state index contributed by atoms with van der Waals surface area (Å²) in [7, 11) is 0. The Hall–Kier alpha value is -1.33. The van der Waals surface area contributed by atoms with Crippen LogP contribution in [0.1, 0.15) is 18.4 Å². The number of nitrogens with two attached hydrogens (primary N) is 1. The molecular weight excluding hydrogens is 286 g/mol. The second-order valence-electron chi connectivity index (χ2n) is 5.18. The summed E-state index contributed by atoms with van der Waals surface area (Å²) in [4.78, 5) is 5.06. The largest absolute Gasteiger partial charge is 0.389 e. The molecule has 0 saturated heterocycles. The monoisotopic (exact) mass is 303 g/mol. The number of nitrogens with zero attached hydrogens (tertiary/aromatic N) is 1. The zero-order chi connectivity index (χ0) is 14.2. The van der Waals surface area contributed by atoms with Crippen molar-refractivity contribution in [1.29, 1.82) is 0 Å². The van der Waals surface area contributed by atoms with E-state index < -0.39 is 0 Å². The van der Waals surface area contributed by atoms with Crippen LogP contribution in [0.25, 0.3) is 10.9 Å². The molecular formula is C15H17N3S2. The Bertz CT molecular complexity index is 665. The van der Waals surface area contributed by atoms with Crippen LogP contribution in [0.3, 0.4) is 0 Å². The molecule has 1 saturated carbocycles. The molecule has 1 aliphatic rings. The van der Waals surface area contributed by atoms with Crippen molar-refractivity contribution in [3.05, 3.63) is 35.9 Å². The third kappa shape index (κ3) is 2.60. The molecule has 2 aromatic rings. The number of benzene rings is 1. The lowest BCUT2D eigenvalue weighted by atomic mass is 10.1. The summed E-state index contributed by atoms with van der Waals surface area (Å²) in [5.41, 5.74) is 7.63. The number of thioether (sulfide) groups is 1. The van der Waals surface area contributed by atoms with Crippen LogP contribution >= 0.6 is 24.0 Å². The van der Waals surface area contributed by atoms with E-state index in [4.69, 9.17) is 18.0 Å². The highest BCUT2D eigenvalue weighted by molar-refractivity contribution is 8.00. The summed E-state index contributed by atoms with van der Waals surface area (Å²) in [6.45, 7) is 0.912. The van der Waals surface area contributed by atoms with E-state index in [-0.39, 0.29) is 0 Å². The van der Waals surface area contributed by atoms with Crippen LogP contribution in [0.5, 0.6) is 0 Å². The van der Waals surface area contributed by atoms with E-state index >= 15 is 0 Å². The molecule has 0 spiro atoms. The van der Waals surface area contributed by atoms with Gasteiger partial charge in [-0.1, -0.05) is 30.4 Å². The molecule has 0 aliphatic heterocycles. The Balaban J connectivity index is 1.95. The average molecular weight is 303 g/mol. The van der Waals surface area contributed by atoms with Gasteiger partial charge < -0.3 is 11.1 Å². The van der Waals surface area contributed by atoms with Crippen molar-refractivity contribution in [3.8, 4) is 0 Å². The molecule has 1 heterocycles. The minimum atomic E-state index is 0.376. The van der Waals surface area contributed by atoms with Crippen molar-refractivity contribution in [3.63, 3.8) is 0 Å². The van der Waals surface area contributed by atoms with Gasteiger partial charge in [-0.05, 0) is 31.2 Å². The molecule has 1 aromatic heterocycles. The second-order valence-corrected chi connectivity index (χ2v) is 6.90. The van der Waals surface area contributed by atoms with Crippen LogP contribution in [-0.4, -0.2) is 27.5 Å². The fourth-order valence-electron chi connectivity index (χ4n) is 2.28. The Morgan fingerprint density at radius 3 is 2.85 bits per heavy atom. The fourth-order valence-corrected chi connectivity index (χ4v) is 3.16. The molecule has 0 bridgehead atoms. The third-order valence-corrected chi connectivity index (χ3v) is 5.45. The molecule has 0 unspecified atom stereocenters. The number of anilines is 1. The summed E-state index contributed by atoms with van der Waals surface area (Å²) in [6.07, 6.45) is 4.69. The van der Waals surface area contributed by atoms with Crippen LogP contribution < -0.4 is 11.1 Å². The Morgan fingerprint density at radius 1 is 1.45 bits per heavy atom. The molecule has 104 valence electrons. The maximum Gasteiger partial charge on any atom is 0.137 e. The van der Waals surface area contributed by atoms with E-state index in [0.29, 0.717) is 9.74 Å². The highest BCUT2D eigenvalue weighted by Crippen LogP contribution is 2.47. The van der Waals surface area contributed by atoms with Gasteiger partial charge in [0, 0.05) is 16.7 Å². The normalized spacial score (nSPS) is 16.1. The first-order valence-electron chi connectivity index (χ1n) is 6.62. The van der Waals surface area contributed by atoms with E-state index in [0.717, 1.165) is 28.8 Å². The van der Waals surface area contributed by atoms with Gasteiger partial charge >= 0.3 is 0 Å². The number of thiocarbonyl (C=S) groups is 1. The van der Waals surface area contributed by atoms with Crippen molar-refractivity contribution in [2.45, 2.75) is 17.6 Å². The summed E-state index contributed by atoms with van der Waals surface area (Å²) < 4.78 is 0.376. The maximum atomic E-state index is 5.84. The van der Waals surface area contributed by atoms with Gasteiger partial charge in [0.05, 0.1) is 11.1 Å². The molecule has 3 N–H and O–H groups in total. The Labute approximate surface area is 128 Å². The molecule has 3 nitrogen and oxygen atoms in total. The number of hydrogen-bond acceptors (Lipinski definition) is 4. The molecule has 20 heavy (non-hydrogen) atoms. The maximum absolute atomic E-state index is 5.84. The molecule has 0 amide bonds. The summed E-state index contributed by atoms with van der Waals surface area (Å²) in [5.74, 6) is 0.802. The van der Waals surface area contributed by atoms with Gasteiger partial charge in [-0.15, -0.1) is 0 Å².